The zero-order valence-electron chi connectivity index (χ0n) is 14.6. The molecule has 0 fully saturated rings. The van der Waals surface area contributed by atoms with Gasteiger partial charge in [-0.2, -0.15) is 0 Å². The molecule has 4 nitrogen and oxygen atoms in total. The Kier molecular flexibility index (Phi) is 6.96. The number of rotatable bonds is 2. The van der Waals surface area contributed by atoms with E-state index >= 15 is 0 Å². The Balaban J connectivity index is 2.70. The second kappa shape index (κ2) is 7.84. The SMILES string of the molecule is CC(C)(C)OC1CCC(O)/C=C/C(OC(=O)SC(C)(C)C)C1. The Labute approximate surface area is 138 Å². The summed E-state index contributed by atoms with van der Waals surface area (Å²) in [7, 11) is 0. The summed E-state index contributed by atoms with van der Waals surface area (Å²) < 4.78 is 11.4. The van der Waals surface area contributed by atoms with Crippen molar-refractivity contribution in [3.05, 3.63) is 12.2 Å². The van der Waals surface area contributed by atoms with Crippen LogP contribution in [0, 0.1) is 0 Å². The molecule has 0 saturated heterocycles. The molecule has 0 bridgehead atoms. The maximum atomic E-state index is 12.0. The van der Waals surface area contributed by atoms with Crippen LogP contribution in [0.15, 0.2) is 12.2 Å². The van der Waals surface area contributed by atoms with Gasteiger partial charge < -0.3 is 14.6 Å². The number of thioether (sulfide) groups is 1. The number of aliphatic hydroxyl groups is 1. The van der Waals surface area contributed by atoms with Crippen molar-refractivity contribution >= 4 is 17.1 Å². The highest BCUT2D eigenvalue weighted by Crippen LogP contribution is 2.28. The molecule has 0 amide bonds. The Morgan fingerprint density at radius 2 is 1.77 bits per heavy atom. The lowest BCUT2D eigenvalue weighted by Gasteiger charge is -2.31. The number of hydrogen-bond acceptors (Lipinski definition) is 5. The summed E-state index contributed by atoms with van der Waals surface area (Å²) in [6.45, 7) is 11.9. The van der Waals surface area contributed by atoms with Gasteiger partial charge in [-0.05, 0) is 51.5 Å². The third-order valence-corrected chi connectivity index (χ3v) is 3.86. The monoisotopic (exact) mass is 330 g/mol. The van der Waals surface area contributed by atoms with Crippen LogP contribution in [0.2, 0.25) is 0 Å². The molecule has 3 atom stereocenters. The first-order valence-corrected chi connectivity index (χ1v) is 8.70. The largest absolute Gasteiger partial charge is 0.450 e. The molecule has 22 heavy (non-hydrogen) atoms. The minimum Gasteiger partial charge on any atom is -0.450 e. The molecule has 1 aliphatic carbocycles. The average Bonchev–Trinajstić information content (AvgIpc) is 2.26. The van der Waals surface area contributed by atoms with Gasteiger partial charge in [-0.15, -0.1) is 0 Å². The standard InChI is InChI=1S/C17H30O4S/c1-16(2,3)21-14-10-8-12(18)7-9-13(11-14)20-15(19)22-17(4,5)6/h7,9,12-14,18H,8,10-11H2,1-6H3/b9-7+. The van der Waals surface area contributed by atoms with Crippen LogP contribution >= 0.6 is 11.8 Å². The number of carbonyl (C=O) groups is 1. The molecule has 0 radical (unpaired) electrons. The predicted molar refractivity (Wildman–Crippen MR) is 91.2 cm³/mol. The molecule has 1 aliphatic rings. The molecule has 0 heterocycles. The predicted octanol–water partition coefficient (Wildman–Crippen LogP) is 4.31. The van der Waals surface area contributed by atoms with Crippen molar-refractivity contribution in [2.45, 2.75) is 89.5 Å². The highest BCUT2D eigenvalue weighted by Gasteiger charge is 2.27. The summed E-state index contributed by atoms with van der Waals surface area (Å²) in [5.74, 6) is 0. The lowest BCUT2D eigenvalue weighted by Crippen LogP contribution is -2.33. The number of ether oxygens (including phenoxy) is 2. The first-order chi connectivity index (χ1) is 9.94. The highest BCUT2D eigenvalue weighted by molar-refractivity contribution is 8.14. The third kappa shape index (κ3) is 8.81. The second-order valence-electron chi connectivity index (χ2n) is 7.74. The molecule has 128 valence electrons. The molecule has 0 saturated carbocycles. The van der Waals surface area contributed by atoms with Crippen LogP contribution in [-0.2, 0) is 9.47 Å². The summed E-state index contributed by atoms with van der Waals surface area (Å²) in [6, 6.07) is 0. The second-order valence-corrected chi connectivity index (χ2v) is 9.50. The molecule has 5 heteroatoms. The molecule has 0 aromatic rings. The Morgan fingerprint density at radius 3 is 2.32 bits per heavy atom. The smallest absolute Gasteiger partial charge is 0.368 e. The van der Waals surface area contributed by atoms with Crippen molar-refractivity contribution in [3.63, 3.8) is 0 Å². The van der Waals surface area contributed by atoms with E-state index in [1.165, 1.54) is 11.8 Å². The van der Waals surface area contributed by atoms with Crippen LogP contribution in [0.3, 0.4) is 0 Å². The number of aliphatic hydroxyl groups excluding tert-OH is 1. The fraction of sp³-hybridized carbons (Fsp3) is 0.824. The summed E-state index contributed by atoms with van der Waals surface area (Å²) in [4.78, 5) is 12.0. The van der Waals surface area contributed by atoms with Gasteiger partial charge in [-0.3, -0.25) is 0 Å². The number of carbonyl (C=O) groups excluding carboxylic acids is 1. The molecule has 0 aromatic carbocycles. The summed E-state index contributed by atoms with van der Waals surface area (Å²) in [5.41, 5.74) is -0.257. The van der Waals surface area contributed by atoms with Crippen LogP contribution in [0.5, 0.6) is 0 Å². The van der Waals surface area contributed by atoms with E-state index in [4.69, 9.17) is 9.47 Å². The maximum absolute atomic E-state index is 12.0. The van der Waals surface area contributed by atoms with Gasteiger partial charge in [0, 0.05) is 11.2 Å². The molecule has 0 spiro atoms. The van der Waals surface area contributed by atoms with Gasteiger partial charge in [0.15, 0.2) is 0 Å². The third-order valence-electron chi connectivity index (χ3n) is 2.98. The van der Waals surface area contributed by atoms with E-state index in [-0.39, 0.29) is 27.9 Å². The lowest BCUT2D eigenvalue weighted by atomic mass is 9.99. The van der Waals surface area contributed by atoms with E-state index in [9.17, 15) is 9.90 Å². The first kappa shape index (κ1) is 19.5. The van der Waals surface area contributed by atoms with E-state index in [0.29, 0.717) is 12.8 Å². The van der Waals surface area contributed by atoms with E-state index in [1.807, 2.05) is 41.5 Å². The van der Waals surface area contributed by atoms with E-state index in [2.05, 4.69) is 0 Å². The van der Waals surface area contributed by atoms with Crippen LogP contribution in [0.4, 0.5) is 4.79 Å². The fourth-order valence-corrected chi connectivity index (χ4v) is 2.92. The summed E-state index contributed by atoms with van der Waals surface area (Å²) >= 11 is 1.18. The zero-order valence-corrected chi connectivity index (χ0v) is 15.4. The maximum Gasteiger partial charge on any atom is 0.368 e. The fourth-order valence-electron chi connectivity index (χ4n) is 2.25. The van der Waals surface area contributed by atoms with Crippen molar-refractivity contribution < 1.29 is 19.4 Å². The van der Waals surface area contributed by atoms with Gasteiger partial charge in [0.2, 0.25) is 0 Å². The van der Waals surface area contributed by atoms with Crippen molar-refractivity contribution in [2.24, 2.45) is 0 Å². The van der Waals surface area contributed by atoms with Crippen LogP contribution < -0.4 is 0 Å². The molecular formula is C17H30O4S. The Hall–Kier alpha value is -0.520. The van der Waals surface area contributed by atoms with E-state index in [1.54, 1.807) is 12.2 Å². The van der Waals surface area contributed by atoms with E-state index < -0.39 is 6.10 Å². The summed E-state index contributed by atoms with van der Waals surface area (Å²) in [6.07, 6.45) is 4.63. The lowest BCUT2D eigenvalue weighted by molar-refractivity contribution is -0.0796. The molecule has 1 N–H and O–H groups in total. The van der Waals surface area contributed by atoms with Crippen molar-refractivity contribution in [2.75, 3.05) is 0 Å². The average molecular weight is 330 g/mol. The normalized spacial score (nSPS) is 28.6. The van der Waals surface area contributed by atoms with Gasteiger partial charge in [-0.25, -0.2) is 4.79 Å². The van der Waals surface area contributed by atoms with Gasteiger partial charge in [0.05, 0.1) is 17.8 Å². The molecule has 3 unspecified atom stereocenters. The first-order valence-electron chi connectivity index (χ1n) is 7.88. The summed E-state index contributed by atoms with van der Waals surface area (Å²) in [5, 5.41) is 9.60. The molecule has 0 aliphatic heterocycles. The van der Waals surface area contributed by atoms with Gasteiger partial charge in [0.1, 0.15) is 6.10 Å². The van der Waals surface area contributed by atoms with Crippen molar-refractivity contribution in [1.29, 1.82) is 0 Å². The zero-order chi connectivity index (χ0) is 17.0. The highest BCUT2D eigenvalue weighted by atomic mass is 32.2. The van der Waals surface area contributed by atoms with Gasteiger partial charge in [-0.1, -0.05) is 26.8 Å². The van der Waals surface area contributed by atoms with Gasteiger partial charge in [0.25, 0.3) is 0 Å². The minimum atomic E-state index is -0.511. The van der Waals surface area contributed by atoms with Crippen molar-refractivity contribution in [3.8, 4) is 0 Å². The van der Waals surface area contributed by atoms with E-state index in [0.717, 1.165) is 6.42 Å². The van der Waals surface area contributed by atoms with Crippen molar-refractivity contribution in [1.82, 2.24) is 0 Å². The minimum absolute atomic E-state index is 0.0305. The number of hydrogen-bond donors (Lipinski definition) is 1. The van der Waals surface area contributed by atoms with Gasteiger partial charge >= 0.3 is 5.30 Å². The molecular weight excluding hydrogens is 300 g/mol. The van der Waals surface area contributed by atoms with Crippen LogP contribution in [-0.4, -0.2) is 39.1 Å². The topological polar surface area (TPSA) is 55.8 Å². The quantitative estimate of drug-likeness (QED) is 0.604. The van der Waals surface area contributed by atoms with Crippen LogP contribution in [0.25, 0.3) is 0 Å². The molecule has 1 rings (SSSR count). The Bertz CT molecular complexity index is 392. The van der Waals surface area contributed by atoms with Crippen LogP contribution in [0.1, 0.15) is 60.8 Å². The molecule has 0 aromatic heterocycles. The Morgan fingerprint density at radius 1 is 1.14 bits per heavy atom.